The van der Waals surface area contributed by atoms with Crippen molar-refractivity contribution in [2.24, 2.45) is 0 Å². The topological polar surface area (TPSA) is 23.6 Å². The van der Waals surface area contributed by atoms with Gasteiger partial charge in [-0.15, -0.1) is 0 Å². The number of hydrogen-bond acceptors (Lipinski definition) is 2. The summed E-state index contributed by atoms with van der Waals surface area (Å²) in [4.78, 5) is 17.1. The van der Waals surface area contributed by atoms with Crippen LogP contribution in [-0.2, 0) is 11.2 Å². The number of benzene rings is 2. The zero-order valence-electron chi connectivity index (χ0n) is 16.2. The second kappa shape index (κ2) is 8.50. The molecule has 0 spiro atoms. The number of likely N-dealkylation sites (N-methyl/N-ethyl adjacent to an activating group) is 2. The normalized spacial score (nSPS) is 20.2. The molecule has 2 aromatic carbocycles. The number of carbonyl (C=O) groups excluding carboxylic acids is 1. The molecule has 0 aromatic heterocycles. The molecule has 1 saturated carbocycles. The first-order valence-electron chi connectivity index (χ1n) is 9.62. The Hall–Kier alpha value is -2.13. The summed E-state index contributed by atoms with van der Waals surface area (Å²) in [5.74, 6) is 0.219. The molecule has 138 valence electrons. The minimum atomic E-state index is 0.219. The molecule has 0 radical (unpaired) electrons. The monoisotopic (exact) mass is 350 g/mol. The Morgan fingerprint density at radius 1 is 0.846 bits per heavy atom. The third kappa shape index (κ3) is 4.34. The lowest BCUT2D eigenvalue weighted by atomic mass is 9.88. The molecule has 3 rings (SSSR count). The number of amides is 1. The summed E-state index contributed by atoms with van der Waals surface area (Å²) in [5.41, 5.74) is 3.48. The molecule has 0 bridgehead atoms. The van der Waals surface area contributed by atoms with Gasteiger partial charge < -0.3 is 9.80 Å². The molecule has 2 atom stereocenters. The average Bonchev–Trinajstić information content (AvgIpc) is 2.68. The van der Waals surface area contributed by atoms with Crippen LogP contribution >= 0.6 is 0 Å². The Labute approximate surface area is 157 Å². The van der Waals surface area contributed by atoms with Gasteiger partial charge in [-0.2, -0.15) is 0 Å². The highest BCUT2D eigenvalue weighted by Crippen LogP contribution is 2.26. The molecule has 0 aliphatic heterocycles. The van der Waals surface area contributed by atoms with Crippen LogP contribution in [0.2, 0.25) is 0 Å². The predicted octanol–water partition coefficient (Wildman–Crippen LogP) is 4.23. The van der Waals surface area contributed by atoms with Gasteiger partial charge in [-0.1, -0.05) is 67.4 Å². The molecular weight excluding hydrogens is 320 g/mol. The minimum absolute atomic E-state index is 0.219. The van der Waals surface area contributed by atoms with Gasteiger partial charge in [0.2, 0.25) is 5.91 Å². The first-order chi connectivity index (χ1) is 12.6. The van der Waals surface area contributed by atoms with E-state index in [-0.39, 0.29) is 5.91 Å². The molecule has 0 unspecified atom stereocenters. The Kier molecular flexibility index (Phi) is 6.10. The van der Waals surface area contributed by atoms with Gasteiger partial charge in [-0.3, -0.25) is 4.79 Å². The van der Waals surface area contributed by atoms with Crippen LogP contribution in [0.15, 0.2) is 54.6 Å². The van der Waals surface area contributed by atoms with Gasteiger partial charge in [0.1, 0.15) is 0 Å². The van der Waals surface area contributed by atoms with Gasteiger partial charge in [-0.05, 0) is 43.6 Å². The maximum absolute atomic E-state index is 12.8. The second-order valence-corrected chi connectivity index (χ2v) is 7.63. The van der Waals surface area contributed by atoms with E-state index in [9.17, 15) is 4.79 Å². The van der Waals surface area contributed by atoms with E-state index < -0.39 is 0 Å². The number of nitrogens with zero attached hydrogens (tertiary/aromatic N) is 2. The van der Waals surface area contributed by atoms with Crippen LogP contribution in [0.5, 0.6) is 0 Å². The molecule has 3 heteroatoms. The highest BCUT2D eigenvalue weighted by Gasteiger charge is 2.31. The van der Waals surface area contributed by atoms with Crippen molar-refractivity contribution < 1.29 is 4.79 Å². The molecule has 2 aromatic rings. The highest BCUT2D eigenvalue weighted by atomic mass is 16.2. The molecule has 26 heavy (non-hydrogen) atoms. The Morgan fingerprint density at radius 3 is 2.04 bits per heavy atom. The van der Waals surface area contributed by atoms with Crippen LogP contribution in [0.1, 0.15) is 31.2 Å². The predicted molar refractivity (Wildman–Crippen MR) is 108 cm³/mol. The van der Waals surface area contributed by atoms with E-state index in [2.05, 4.69) is 55.4 Å². The first kappa shape index (κ1) is 18.7. The highest BCUT2D eigenvalue weighted by molar-refractivity contribution is 5.79. The van der Waals surface area contributed by atoms with Crippen LogP contribution in [0.3, 0.4) is 0 Å². The maximum atomic E-state index is 12.8. The lowest BCUT2D eigenvalue weighted by Crippen LogP contribution is -2.52. The smallest absolute Gasteiger partial charge is 0.227 e. The molecule has 3 nitrogen and oxygen atoms in total. The van der Waals surface area contributed by atoms with Gasteiger partial charge in [0.25, 0.3) is 0 Å². The van der Waals surface area contributed by atoms with E-state index in [0.717, 1.165) is 12.0 Å². The van der Waals surface area contributed by atoms with Crippen molar-refractivity contribution in [3.8, 4) is 11.1 Å². The van der Waals surface area contributed by atoms with Crippen molar-refractivity contribution in [3.05, 3.63) is 60.2 Å². The molecule has 0 saturated heterocycles. The van der Waals surface area contributed by atoms with E-state index in [1.165, 1.54) is 30.4 Å². The van der Waals surface area contributed by atoms with Crippen molar-refractivity contribution in [2.45, 2.75) is 44.2 Å². The van der Waals surface area contributed by atoms with Crippen molar-refractivity contribution in [2.75, 3.05) is 21.1 Å². The van der Waals surface area contributed by atoms with Gasteiger partial charge >= 0.3 is 0 Å². The fourth-order valence-electron chi connectivity index (χ4n) is 4.08. The SMILES string of the molecule is CN(C)[C@@H]1CCCC[C@H]1N(C)C(=O)Cc1ccc(-c2ccccc2)cc1. The van der Waals surface area contributed by atoms with Gasteiger partial charge in [-0.25, -0.2) is 0 Å². The molecule has 1 aliphatic carbocycles. The third-order valence-corrected chi connectivity index (χ3v) is 5.66. The van der Waals surface area contributed by atoms with E-state index in [4.69, 9.17) is 0 Å². The van der Waals surface area contributed by atoms with E-state index in [1.807, 2.05) is 30.1 Å². The lowest BCUT2D eigenvalue weighted by molar-refractivity contribution is -0.133. The van der Waals surface area contributed by atoms with Crippen molar-refractivity contribution in [1.82, 2.24) is 9.80 Å². The minimum Gasteiger partial charge on any atom is -0.341 e. The fourth-order valence-corrected chi connectivity index (χ4v) is 4.08. The summed E-state index contributed by atoms with van der Waals surface area (Å²) < 4.78 is 0. The number of hydrogen-bond donors (Lipinski definition) is 0. The standard InChI is InChI=1S/C23H30N2O/c1-24(2)21-11-7-8-12-22(21)25(3)23(26)17-18-13-15-20(16-14-18)19-9-5-4-6-10-19/h4-6,9-10,13-16,21-22H,7-8,11-12,17H2,1-3H3/t21-,22-/m1/s1. The molecule has 0 N–H and O–H groups in total. The molecule has 0 heterocycles. The summed E-state index contributed by atoms with van der Waals surface area (Å²) in [5, 5.41) is 0. The largest absolute Gasteiger partial charge is 0.341 e. The third-order valence-electron chi connectivity index (χ3n) is 5.66. The van der Waals surface area contributed by atoms with Crippen LogP contribution in [0, 0.1) is 0 Å². The average molecular weight is 351 g/mol. The Morgan fingerprint density at radius 2 is 1.42 bits per heavy atom. The first-order valence-corrected chi connectivity index (χ1v) is 9.62. The Bertz CT molecular complexity index is 709. The Balaban J connectivity index is 1.65. The summed E-state index contributed by atoms with van der Waals surface area (Å²) in [6.45, 7) is 0. The second-order valence-electron chi connectivity index (χ2n) is 7.63. The van der Waals surface area contributed by atoms with Crippen LogP contribution in [0.4, 0.5) is 0 Å². The van der Waals surface area contributed by atoms with Gasteiger partial charge in [0.15, 0.2) is 0 Å². The molecular formula is C23H30N2O. The fraction of sp³-hybridized carbons (Fsp3) is 0.435. The van der Waals surface area contributed by atoms with Gasteiger partial charge in [0, 0.05) is 19.1 Å². The lowest BCUT2D eigenvalue weighted by Gasteiger charge is -2.41. The molecule has 1 fully saturated rings. The quantitative estimate of drug-likeness (QED) is 0.806. The zero-order valence-corrected chi connectivity index (χ0v) is 16.2. The van der Waals surface area contributed by atoms with E-state index in [1.54, 1.807) is 0 Å². The van der Waals surface area contributed by atoms with Gasteiger partial charge in [0.05, 0.1) is 6.42 Å². The van der Waals surface area contributed by atoms with Crippen molar-refractivity contribution >= 4 is 5.91 Å². The molecule has 1 amide bonds. The van der Waals surface area contributed by atoms with Crippen molar-refractivity contribution in [3.63, 3.8) is 0 Å². The van der Waals surface area contributed by atoms with Crippen molar-refractivity contribution in [1.29, 1.82) is 0 Å². The summed E-state index contributed by atoms with van der Waals surface area (Å²) in [6.07, 6.45) is 5.25. The van der Waals surface area contributed by atoms with Crippen LogP contribution in [-0.4, -0.2) is 48.9 Å². The summed E-state index contributed by atoms with van der Waals surface area (Å²) >= 11 is 0. The van der Waals surface area contributed by atoms with E-state index >= 15 is 0 Å². The van der Waals surface area contributed by atoms with Crippen LogP contribution < -0.4 is 0 Å². The maximum Gasteiger partial charge on any atom is 0.227 e. The number of carbonyl (C=O) groups is 1. The van der Waals surface area contributed by atoms with Crippen LogP contribution in [0.25, 0.3) is 11.1 Å². The molecule has 1 aliphatic rings. The summed E-state index contributed by atoms with van der Waals surface area (Å²) in [6, 6.07) is 19.5. The zero-order chi connectivity index (χ0) is 18.5. The van der Waals surface area contributed by atoms with E-state index in [0.29, 0.717) is 18.5 Å². The number of rotatable bonds is 5. The summed E-state index contributed by atoms with van der Waals surface area (Å²) in [7, 11) is 6.24.